The number of para-hydroxylation sites is 1. The van der Waals surface area contributed by atoms with E-state index in [1.54, 1.807) is 0 Å². The number of furan rings is 1. The van der Waals surface area contributed by atoms with Gasteiger partial charge in [0.05, 0.1) is 6.04 Å². The van der Waals surface area contributed by atoms with Gasteiger partial charge in [-0.2, -0.15) is 0 Å². The molecule has 234 valence electrons. The van der Waals surface area contributed by atoms with Crippen molar-refractivity contribution in [2.75, 3.05) is 0 Å². The molecule has 2 nitrogen and oxygen atoms in total. The molecule has 1 aliphatic carbocycles. The van der Waals surface area contributed by atoms with Crippen LogP contribution >= 0.6 is 0 Å². The molecule has 2 aromatic heterocycles. The van der Waals surface area contributed by atoms with E-state index in [0.717, 1.165) is 28.4 Å². The number of aromatic nitrogens is 1. The SMILES string of the molecule is C1=CCC(n2c3ccccc3c3cc(-c4c5ccccc5c(-c5cccc6oc7cc8ccccc8cc7c56)c5ccccc45)ccc32)C=C1. The summed E-state index contributed by atoms with van der Waals surface area (Å²) in [5.74, 6) is 0. The molecule has 0 saturated heterocycles. The number of hydrogen-bond donors (Lipinski definition) is 0. The van der Waals surface area contributed by atoms with Crippen molar-refractivity contribution in [1.82, 2.24) is 4.57 Å². The molecule has 0 aliphatic heterocycles. The van der Waals surface area contributed by atoms with E-state index in [4.69, 9.17) is 4.42 Å². The number of rotatable bonds is 3. The van der Waals surface area contributed by atoms with E-state index in [9.17, 15) is 0 Å². The van der Waals surface area contributed by atoms with Crippen LogP contribution in [0, 0.1) is 0 Å². The quantitative estimate of drug-likeness (QED) is 0.176. The molecule has 0 radical (unpaired) electrons. The molecular formula is C48H31NO. The van der Waals surface area contributed by atoms with Gasteiger partial charge in [0.2, 0.25) is 0 Å². The minimum atomic E-state index is 0.300. The van der Waals surface area contributed by atoms with Crippen molar-refractivity contribution in [3.05, 3.63) is 170 Å². The van der Waals surface area contributed by atoms with Crippen molar-refractivity contribution >= 4 is 76.1 Å². The van der Waals surface area contributed by atoms with Crippen LogP contribution in [0.25, 0.3) is 98.3 Å². The van der Waals surface area contributed by atoms with Crippen LogP contribution in [0.3, 0.4) is 0 Å². The fraction of sp³-hybridized carbons (Fsp3) is 0.0417. The average Bonchev–Trinajstić information content (AvgIpc) is 3.71. The van der Waals surface area contributed by atoms with Gasteiger partial charge in [-0.3, -0.25) is 0 Å². The zero-order valence-electron chi connectivity index (χ0n) is 27.3. The molecular weight excluding hydrogens is 607 g/mol. The zero-order valence-corrected chi connectivity index (χ0v) is 27.3. The molecule has 2 heterocycles. The highest BCUT2D eigenvalue weighted by molar-refractivity contribution is 6.26. The van der Waals surface area contributed by atoms with Crippen molar-refractivity contribution in [1.29, 1.82) is 0 Å². The summed E-state index contributed by atoms with van der Waals surface area (Å²) in [7, 11) is 0. The van der Waals surface area contributed by atoms with Gasteiger partial charge in [0, 0.05) is 32.6 Å². The van der Waals surface area contributed by atoms with E-state index in [1.165, 1.54) is 76.4 Å². The van der Waals surface area contributed by atoms with E-state index < -0.39 is 0 Å². The Morgan fingerprint density at radius 1 is 0.480 bits per heavy atom. The Morgan fingerprint density at radius 2 is 1.14 bits per heavy atom. The van der Waals surface area contributed by atoms with Crippen LogP contribution in [0.15, 0.2) is 174 Å². The summed E-state index contributed by atoms with van der Waals surface area (Å²) < 4.78 is 9.07. The lowest BCUT2D eigenvalue weighted by Crippen LogP contribution is -2.06. The van der Waals surface area contributed by atoms with Gasteiger partial charge in [0.25, 0.3) is 0 Å². The van der Waals surface area contributed by atoms with E-state index in [0.29, 0.717) is 6.04 Å². The first kappa shape index (κ1) is 27.6. The first-order chi connectivity index (χ1) is 24.8. The van der Waals surface area contributed by atoms with Gasteiger partial charge < -0.3 is 8.98 Å². The summed E-state index contributed by atoms with van der Waals surface area (Å²) >= 11 is 0. The molecule has 0 N–H and O–H groups in total. The third-order valence-electron chi connectivity index (χ3n) is 10.9. The summed E-state index contributed by atoms with van der Waals surface area (Å²) in [6.07, 6.45) is 9.93. The highest BCUT2D eigenvalue weighted by Crippen LogP contribution is 2.48. The summed E-state index contributed by atoms with van der Waals surface area (Å²) in [5.41, 5.74) is 9.34. The Hall–Kier alpha value is -6.38. The summed E-state index contributed by atoms with van der Waals surface area (Å²) in [6.45, 7) is 0. The smallest absolute Gasteiger partial charge is 0.136 e. The van der Waals surface area contributed by atoms with Crippen LogP contribution in [-0.2, 0) is 0 Å². The van der Waals surface area contributed by atoms with E-state index >= 15 is 0 Å². The Labute approximate surface area is 288 Å². The van der Waals surface area contributed by atoms with Crippen LogP contribution in [0.2, 0.25) is 0 Å². The Bertz CT molecular complexity index is 3020. The fourth-order valence-electron chi connectivity index (χ4n) is 8.72. The number of fused-ring (bicyclic) bond motifs is 9. The minimum absolute atomic E-state index is 0.300. The highest BCUT2D eigenvalue weighted by atomic mass is 16.3. The lowest BCUT2D eigenvalue weighted by Gasteiger charge is -2.19. The van der Waals surface area contributed by atoms with Crippen molar-refractivity contribution < 1.29 is 4.42 Å². The molecule has 0 amide bonds. The monoisotopic (exact) mass is 637 g/mol. The van der Waals surface area contributed by atoms with Gasteiger partial charge in [-0.15, -0.1) is 0 Å². The Kier molecular flexibility index (Phi) is 5.82. The van der Waals surface area contributed by atoms with Crippen molar-refractivity contribution in [2.45, 2.75) is 12.5 Å². The molecule has 0 spiro atoms. The van der Waals surface area contributed by atoms with Crippen molar-refractivity contribution in [3.63, 3.8) is 0 Å². The normalized spacial score (nSPS) is 14.8. The lowest BCUT2D eigenvalue weighted by atomic mass is 9.84. The second kappa shape index (κ2) is 10.6. The van der Waals surface area contributed by atoms with Crippen molar-refractivity contribution in [3.8, 4) is 22.3 Å². The average molecular weight is 638 g/mol. The third-order valence-corrected chi connectivity index (χ3v) is 10.9. The van der Waals surface area contributed by atoms with Gasteiger partial charge in [-0.1, -0.05) is 133 Å². The number of hydrogen-bond acceptors (Lipinski definition) is 1. The number of allylic oxidation sites excluding steroid dienone is 4. The molecule has 50 heavy (non-hydrogen) atoms. The first-order valence-electron chi connectivity index (χ1n) is 17.5. The molecule has 1 atom stereocenters. The maximum absolute atomic E-state index is 6.55. The fourth-order valence-corrected chi connectivity index (χ4v) is 8.72. The van der Waals surface area contributed by atoms with E-state index in [1.807, 2.05) is 0 Å². The van der Waals surface area contributed by atoms with Crippen molar-refractivity contribution in [2.24, 2.45) is 0 Å². The molecule has 1 aliphatic rings. The lowest BCUT2D eigenvalue weighted by molar-refractivity contribution is 0.648. The second-order valence-corrected chi connectivity index (χ2v) is 13.6. The standard InChI is InChI=1S/C48H31NO/c1-2-15-33(16-3-1)49-42-23-11-10-17-34(42)40-28-32(25-26-43(40)49)46-35-18-6-8-20-37(35)47(38-21-9-7-19-36(38)46)39-22-12-24-44-48(39)41-27-30-13-4-5-14-31(30)29-45(41)50-44/h1-15,17-29,33H,16H2. The summed E-state index contributed by atoms with van der Waals surface area (Å²) in [4.78, 5) is 0. The van der Waals surface area contributed by atoms with Gasteiger partial charge in [-0.05, 0) is 97.4 Å². The molecule has 1 unspecified atom stereocenters. The van der Waals surface area contributed by atoms with Gasteiger partial charge >= 0.3 is 0 Å². The van der Waals surface area contributed by atoms with Gasteiger partial charge in [-0.25, -0.2) is 0 Å². The molecule has 2 heteroatoms. The molecule has 0 saturated carbocycles. The Morgan fingerprint density at radius 3 is 1.88 bits per heavy atom. The van der Waals surface area contributed by atoms with Crippen LogP contribution in [0.1, 0.15) is 12.5 Å². The first-order valence-corrected chi connectivity index (χ1v) is 17.5. The molecule has 11 rings (SSSR count). The third kappa shape index (κ3) is 3.90. The van der Waals surface area contributed by atoms with Crippen LogP contribution in [0.5, 0.6) is 0 Å². The molecule has 8 aromatic carbocycles. The summed E-state index contributed by atoms with van der Waals surface area (Å²) in [5, 5.41) is 12.3. The number of benzene rings is 8. The molecule has 10 aromatic rings. The highest BCUT2D eigenvalue weighted by Gasteiger charge is 2.22. The van der Waals surface area contributed by atoms with Crippen LogP contribution in [0.4, 0.5) is 0 Å². The van der Waals surface area contributed by atoms with Gasteiger partial charge in [0.1, 0.15) is 11.2 Å². The predicted molar refractivity (Wildman–Crippen MR) is 212 cm³/mol. The largest absolute Gasteiger partial charge is 0.456 e. The Balaban J connectivity index is 1.21. The van der Waals surface area contributed by atoms with E-state index in [2.05, 4.69) is 174 Å². The predicted octanol–water partition coefficient (Wildman–Crippen LogP) is 13.5. The maximum atomic E-state index is 6.55. The second-order valence-electron chi connectivity index (χ2n) is 13.6. The van der Waals surface area contributed by atoms with E-state index in [-0.39, 0.29) is 0 Å². The minimum Gasteiger partial charge on any atom is -0.456 e. The summed E-state index contributed by atoms with van der Waals surface area (Å²) in [6, 6.07) is 53.7. The molecule has 0 bridgehead atoms. The molecule has 0 fully saturated rings. The van der Waals surface area contributed by atoms with Crippen LogP contribution in [-0.4, -0.2) is 4.57 Å². The zero-order chi connectivity index (χ0) is 32.8. The maximum Gasteiger partial charge on any atom is 0.136 e. The van der Waals surface area contributed by atoms with Crippen LogP contribution < -0.4 is 0 Å². The topological polar surface area (TPSA) is 18.1 Å². The number of nitrogens with zero attached hydrogens (tertiary/aromatic N) is 1. The van der Waals surface area contributed by atoms with Gasteiger partial charge in [0.15, 0.2) is 0 Å².